The van der Waals surface area contributed by atoms with Gasteiger partial charge in [-0.25, -0.2) is 4.98 Å². The zero-order valence-electron chi connectivity index (χ0n) is 13.4. The highest BCUT2D eigenvalue weighted by atomic mass is 35.5. The summed E-state index contributed by atoms with van der Waals surface area (Å²) in [6.45, 7) is 2.43. The first-order valence-electron chi connectivity index (χ1n) is 7.55. The third-order valence-corrected chi connectivity index (χ3v) is 6.20. The molecule has 3 aromatic rings. The van der Waals surface area contributed by atoms with E-state index in [4.69, 9.17) is 11.6 Å². The van der Waals surface area contributed by atoms with Gasteiger partial charge in [0, 0.05) is 11.9 Å². The van der Waals surface area contributed by atoms with Crippen LogP contribution in [-0.2, 0) is 11.3 Å². The lowest BCUT2D eigenvalue weighted by Crippen LogP contribution is -2.32. The lowest BCUT2D eigenvalue weighted by Gasteiger charge is -2.20. The summed E-state index contributed by atoms with van der Waals surface area (Å²) in [5.41, 5.74) is 0.983. The topological polar surface area (TPSA) is 33.2 Å². The molecule has 3 rings (SSSR count). The summed E-state index contributed by atoms with van der Waals surface area (Å²) in [4.78, 5) is 19.9. The van der Waals surface area contributed by atoms with Gasteiger partial charge >= 0.3 is 0 Å². The molecule has 0 saturated heterocycles. The van der Waals surface area contributed by atoms with Gasteiger partial charge in [-0.1, -0.05) is 35.9 Å². The van der Waals surface area contributed by atoms with E-state index >= 15 is 0 Å². The van der Waals surface area contributed by atoms with Gasteiger partial charge in [0.15, 0.2) is 0 Å². The molecule has 0 aliphatic rings. The van der Waals surface area contributed by atoms with Gasteiger partial charge in [-0.3, -0.25) is 4.79 Å². The molecule has 0 aliphatic heterocycles. The third kappa shape index (κ3) is 3.91. The molecule has 0 radical (unpaired) electrons. The molecular formula is C18H17ClN2OS2. The number of thiazole rings is 1. The van der Waals surface area contributed by atoms with E-state index < -0.39 is 0 Å². The number of carbonyl (C=O) groups is 1. The molecule has 0 spiro atoms. The second-order valence-electron chi connectivity index (χ2n) is 5.46. The second-order valence-corrected chi connectivity index (χ2v) is 8.37. The number of aromatic nitrogens is 1. The van der Waals surface area contributed by atoms with Crippen molar-refractivity contribution in [3.05, 3.63) is 58.6 Å². The van der Waals surface area contributed by atoms with Crippen LogP contribution < -0.4 is 0 Å². The highest BCUT2D eigenvalue weighted by Gasteiger charge is 2.20. The molecule has 0 saturated carbocycles. The molecule has 1 aromatic heterocycles. The van der Waals surface area contributed by atoms with E-state index in [-0.39, 0.29) is 11.2 Å². The minimum atomic E-state index is -0.204. The Morgan fingerprint density at radius 1 is 1.25 bits per heavy atom. The van der Waals surface area contributed by atoms with Gasteiger partial charge in [0.05, 0.1) is 27.0 Å². The molecule has 1 atom stereocenters. The molecule has 24 heavy (non-hydrogen) atoms. The van der Waals surface area contributed by atoms with Crippen LogP contribution in [0.2, 0.25) is 5.02 Å². The minimum absolute atomic E-state index is 0.0687. The number of thioether (sulfide) groups is 1. The van der Waals surface area contributed by atoms with Gasteiger partial charge in [0.1, 0.15) is 5.01 Å². The van der Waals surface area contributed by atoms with Gasteiger partial charge in [-0.2, -0.15) is 0 Å². The van der Waals surface area contributed by atoms with Crippen LogP contribution in [0.1, 0.15) is 11.9 Å². The molecule has 124 valence electrons. The normalized spacial score (nSPS) is 12.3. The maximum absolute atomic E-state index is 12.6. The first-order chi connectivity index (χ1) is 11.5. The fraction of sp³-hybridized carbons (Fsp3) is 0.222. The molecule has 0 fully saturated rings. The number of nitrogens with zero attached hydrogens (tertiary/aromatic N) is 2. The average molecular weight is 377 g/mol. The Morgan fingerprint density at radius 3 is 2.71 bits per heavy atom. The number of rotatable bonds is 5. The number of carbonyl (C=O) groups excluding carboxylic acids is 1. The molecule has 3 nitrogen and oxygen atoms in total. The number of para-hydroxylation sites is 1. The van der Waals surface area contributed by atoms with E-state index in [2.05, 4.69) is 4.98 Å². The summed E-state index contributed by atoms with van der Waals surface area (Å²) in [6, 6.07) is 15.6. The quantitative estimate of drug-likeness (QED) is 0.581. The van der Waals surface area contributed by atoms with Crippen LogP contribution >= 0.6 is 34.7 Å². The predicted molar refractivity (Wildman–Crippen MR) is 103 cm³/mol. The summed E-state index contributed by atoms with van der Waals surface area (Å²) >= 11 is 9.28. The zero-order chi connectivity index (χ0) is 17.1. The maximum Gasteiger partial charge on any atom is 0.235 e. The maximum atomic E-state index is 12.6. The lowest BCUT2D eigenvalue weighted by atomic mass is 10.3. The fourth-order valence-corrected chi connectivity index (χ4v) is 4.65. The smallest absolute Gasteiger partial charge is 0.235 e. The van der Waals surface area contributed by atoms with E-state index in [1.54, 1.807) is 16.2 Å². The molecule has 0 bridgehead atoms. The van der Waals surface area contributed by atoms with E-state index in [0.717, 1.165) is 20.1 Å². The summed E-state index contributed by atoms with van der Waals surface area (Å²) in [7, 11) is 1.82. The molecule has 1 amide bonds. The van der Waals surface area contributed by atoms with E-state index in [9.17, 15) is 4.79 Å². The fourth-order valence-electron chi connectivity index (χ4n) is 2.36. The number of fused-ring (bicyclic) bond motifs is 1. The van der Waals surface area contributed by atoms with E-state index in [1.165, 1.54) is 11.8 Å². The standard InChI is InChI=1S/C18H17ClN2OS2/c1-12(23-15-9-5-3-7-13(15)19)18(22)21(2)11-17-20-14-8-4-6-10-16(14)24-17/h3-10,12H,11H2,1-2H3. The Labute approximate surface area is 154 Å². The molecule has 0 aliphatic carbocycles. The van der Waals surface area contributed by atoms with Crippen LogP contribution in [-0.4, -0.2) is 28.1 Å². The SMILES string of the molecule is CC(Sc1ccccc1Cl)C(=O)N(C)Cc1nc2ccccc2s1. The van der Waals surface area contributed by atoms with Crippen LogP contribution in [0.25, 0.3) is 10.2 Å². The lowest BCUT2D eigenvalue weighted by molar-refractivity contribution is -0.129. The van der Waals surface area contributed by atoms with Crippen molar-refractivity contribution in [2.45, 2.75) is 23.6 Å². The van der Waals surface area contributed by atoms with Gasteiger partial charge in [-0.15, -0.1) is 23.1 Å². The molecule has 0 N–H and O–H groups in total. The first-order valence-corrected chi connectivity index (χ1v) is 9.62. The largest absolute Gasteiger partial charge is 0.338 e. The van der Waals surface area contributed by atoms with Crippen LogP contribution in [0.5, 0.6) is 0 Å². The Kier molecular flexibility index (Phi) is 5.43. The summed E-state index contributed by atoms with van der Waals surface area (Å²) < 4.78 is 1.15. The van der Waals surface area contributed by atoms with Crippen LogP contribution in [0.15, 0.2) is 53.4 Å². The highest BCUT2D eigenvalue weighted by molar-refractivity contribution is 8.00. The van der Waals surface area contributed by atoms with Crippen molar-refractivity contribution in [2.24, 2.45) is 0 Å². The van der Waals surface area contributed by atoms with Crippen LogP contribution in [0.3, 0.4) is 0 Å². The second kappa shape index (κ2) is 7.55. The summed E-state index contributed by atoms with van der Waals surface area (Å²) in [6.07, 6.45) is 0. The van der Waals surface area contributed by atoms with Crippen LogP contribution in [0, 0.1) is 0 Å². The molecule has 2 aromatic carbocycles. The molecule has 1 heterocycles. The van der Waals surface area contributed by atoms with Crippen molar-refractivity contribution in [2.75, 3.05) is 7.05 Å². The Morgan fingerprint density at radius 2 is 1.96 bits per heavy atom. The van der Waals surface area contributed by atoms with Crippen molar-refractivity contribution in [1.82, 2.24) is 9.88 Å². The zero-order valence-corrected chi connectivity index (χ0v) is 15.8. The summed E-state index contributed by atoms with van der Waals surface area (Å²) in [5.74, 6) is 0.0687. The first kappa shape index (κ1) is 17.3. The van der Waals surface area contributed by atoms with E-state index in [1.807, 2.05) is 62.5 Å². The predicted octanol–water partition coefficient (Wildman–Crippen LogP) is 5.09. The average Bonchev–Trinajstić information content (AvgIpc) is 2.98. The monoisotopic (exact) mass is 376 g/mol. The van der Waals surface area contributed by atoms with Crippen molar-refractivity contribution in [1.29, 1.82) is 0 Å². The number of benzene rings is 2. The molecular weight excluding hydrogens is 360 g/mol. The van der Waals surface area contributed by atoms with E-state index in [0.29, 0.717) is 11.6 Å². The van der Waals surface area contributed by atoms with Crippen molar-refractivity contribution < 1.29 is 4.79 Å². The molecule has 1 unspecified atom stereocenters. The minimum Gasteiger partial charge on any atom is -0.338 e. The Balaban J connectivity index is 1.66. The number of halogens is 1. The third-order valence-electron chi connectivity index (χ3n) is 3.57. The highest BCUT2D eigenvalue weighted by Crippen LogP contribution is 2.31. The number of hydrogen-bond acceptors (Lipinski definition) is 4. The number of hydrogen-bond donors (Lipinski definition) is 0. The van der Waals surface area contributed by atoms with Crippen molar-refractivity contribution in [3.8, 4) is 0 Å². The number of amides is 1. The van der Waals surface area contributed by atoms with Gasteiger partial charge in [-0.05, 0) is 31.2 Å². The Hall–Kier alpha value is -1.56. The van der Waals surface area contributed by atoms with Gasteiger partial charge in [0.2, 0.25) is 5.91 Å². The van der Waals surface area contributed by atoms with Gasteiger partial charge in [0.25, 0.3) is 0 Å². The van der Waals surface area contributed by atoms with Crippen molar-refractivity contribution >= 4 is 50.8 Å². The summed E-state index contributed by atoms with van der Waals surface area (Å²) in [5, 5.41) is 1.42. The van der Waals surface area contributed by atoms with Crippen LogP contribution in [0.4, 0.5) is 0 Å². The molecule has 6 heteroatoms. The van der Waals surface area contributed by atoms with Crippen molar-refractivity contribution in [3.63, 3.8) is 0 Å². The van der Waals surface area contributed by atoms with Gasteiger partial charge < -0.3 is 4.90 Å². The Bertz CT molecular complexity index is 832.